The fourth-order valence-electron chi connectivity index (χ4n) is 2.94. The number of hydrogen-bond donors (Lipinski definition) is 0. The zero-order valence-electron chi connectivity index (χ0n) is 15.6. The maximum absolute atomic E-state index is 5.36. The van der Waals surface area contributed by atoms with Gasteiger partial charge in [-0.3, -0.25) is 4.68 Å². The Bertz CT molecular complexity index is 1070. The van der Waals surface area contributed by atoms with Gasteiger partial charge >= 0.3 is 0 Å². The van der Waals surface area contributed by atoms with Crippen molar-refractivity contribution in [3.8, 4) is 33.6 Å². The molecule has 0 saturated carbocycles. The van der Waals surface area contributed by atoms with Crippen molar-refractivity contribution in [2.45, 2.75) is 26.8 Å². The highest BCUT2D eigenvalue weighted by Crippen LogP contribution is 2.32. The van der Waals surface area contributed by atoms with Crippen LogP contribution in [0.15, 0.2) is 24.3 Å². The van der Waals surface area contributed by atoms with E-state index in [4.69, 9.17) is 14.6 Å². The molecule has 4 aromatic rings. The molecule has 3 heterocycles. The summed E-state index contributed by atoms with van der Waals surface area (Å²) in [5.41, 5.74) is 2.80. The summed E-state index contributed by atoms with van der Waals surface area (Å²) in [7, 11) is 3.24. The molecule has 140 valence electrons. The van der Waals surface area contributed by atoms with Crippen LogP contribution in [0.1, 0.15) is 19.0 Å². The molecule has 0 radical (unpaired) electrons. The molecule has 0 N–H and O–H groups in total. The molecule has 0 spiro atoms. The fraction of sp³-hybridized carbons (Fsp3) is 0.333. The highest BCUT2D eigenvalue weighted by atomic mass is 32.1. The van der Waals surface area contributed by atoms with E-state index in [1.165, 1.54) is 11.3 Å². The predicted molar refractivity (Wildman–Crippen MR) is 103 cm³/mol. The number of aryl methyl sites for hydroxylation is 2. The fourth-order valence-corrected chi connectivity index (χ4v) is 3.80. The number of benzene rings is 1. The van der Waals surface area contributed by atoms with Crippen LogP contribution in [-0.4, -0.2) is 43.8 Å². The van der Waals surface area contributed by atoms with Gasteiger partial charge < -0.3 is 9.47 Å². The Kier molecular flexibility index (Phi) is 4.53. The summed E-state index contributed by atoms with van der Waals surface area (Å²) in [5.74, 6) is 2.02. The molecule has 0 aliphatic rings. The summed E-state index contributed by atoms with van der Waals surface area (Å²) in [5, 5.41) is 18.8. The summed E-state index contributed by atoms with van der Waals surface area (Å²) in [6.07, 6.45) is 1.01. The zero-order chi connectivity index (χ0) is 19.0. The second-order valence-corrected chi connectivity index (χ2v) is 7.08. The van der Waals surface area contributed by atoms with Gasteiger partial charge in [-0.1, -0.05) is 18.3 Å². The van der Waals surface area contributed by atoms with Crippen molar-refractivity contribution in [2.24, 2.45) is 0 Å². The van der Waals surface area contributed by atoms with Gasteiger partial charge in [0, 0.05) is 18.2 Å². The first-order valence-electron chi connectivity index (χ1n) is 8.63. The van der Waals surface area contributed by atoms with Gasteiger partial charge in [-0.05, 0) is 31.5 Å². The lowest BCUT2D eigenvalue weighted by atomic mass is 10.2. The third-order valence-electron chi connectivity index (χ3n) is 4.16. The van der Waals surface area contributed by atoms with Gasteiger partial charge in [0.05, 0.1) is 25.6 Å². The van der Waals surface area contributed by atoms with Crippen molar-refractivity contribution >= 4 is 16.3 Å². The van der Waals surface area contributed by atoms with Crippen LogP contribution in [0.2, 0.25) is 0 Å². The van der Waals surface area contributed by atoms with Crippen molar-refractivity contribution in [3.05, 3.63) is 30.0 Å². The maximum Gasteiger partial charge on any atom is 0.235 e. The molecule has 1 aromatic carbocycles. The van der Waals surface area contributed by atoms with E-state index < -0.39 is 0 Å². The summed E-state index contributed by atoms with van der Waals surface area (Å²) in [4.78, 5) is 0.726. The zero-order valence-corrected chi connectivity index (χ0v) is 16.4. The maximum atomic E-state index is 5.36. The molecule has 0 aliphatic heterocycles. The number of fused-ring (bicyclic) bond motifs is 1. The summed E-state index contributed by atoms with van der Waals surface area (Å²) >= 11 is 1.49. The van der Waals surface area contributed by atoms with Crippen molar-refractivity contribution < 1.29 is 9.47 Å². The molecule has 0 unspecified atom stereocenters. The van der Waals surface area contributed by atoms with Crippen molar-refractivity contribution in [1.29, 1.82) is 0 Å². The molecule has 9 heteroatoms. The minimum atomic E-state index is 0.642. The lowest BCUT2D eigenvalue weighted by molar-refractivity contribution is 0.394. The van der Waals surface area contributed by atoms with Crippen LogP contribution in [0.3, 0.4) is 0 Å². The normalized spacial score (nSPS) is 11.3. The number of aromatic nitrogens is 6. The Hall–Kier alpha value is -2.94. The van der Waals surface area contributed by atoms with Crippen molar-refractivity contribution in [1.82, 2.24) is 29.6 Å². The third kappa shape index (κ3) is 3.14. The first-order valence-corrected chi connectivity index (χ1v) is 9.45. The van der Waals surface area contributed by atoms with Crippen LogP contribution in [-0.2, 0) is 6.54 Å². The lowest BCUT2D eigenvalue weighted by Gasteiger charge is -2.06. The molecule has 4 rings (SSSR count). The van der Waals surface area contributed by atoms with Crippen LogP contribution in [0, 0.1) is 6.92 Å². The highest BCUT2D eigenvalue weighted by Gasteiger charge is 2.18. The topological polar surface area (TPSA) is 79.4 Å². The second-order valence-electron chi connectivity index (χ2n) is 6.12. The third-order valence-corrected chi connectivity index (χ3v) is 5.08. The molecule has 0 aliphatic carbocycles. The molecule has 0 atom stereocenters. The van der Waals surface area contributed by atoms with Gasteiger partial charge in [-0.25, -0.2) is 0 Å². The minimum absolute atomic E-state index is 0.642. The molecule has 0 amide bonds. The van der Waals surface area contributed by atoms with Crippen molar-refractivity contribution in [2.75, 3.05) is 14.2 Å². The molecular formula is C18H20N6O2S. The van der Waals surface area contributed by atoms with Gasteiger partial charge in [0.2, 0.25) is 4.96 Å². The molecule has 0 bridgehead atoms. The van der Waals surface area contributed by atoms with Gasteiger partial charge in [0.15, 0.2) is 10.8 Å². The van der Waals surface area contributed by atoms with E-state index in [-0.39, 0.29) is 0 Å². The van der Waals surface area contributed by atoms with E-state index in [9.17, 15) is 0 Å². The monoisotopic (exact) mass is 384 g/mol. The Morgan fingerprint density at radius 3 is 2.41 bits per heavy atom. The number of ether oxygens (including phenoxy) is 2. The first kappa shape index (κ1) is 17.5. The molecule has 8 nitrogen and oxygen atoms in total. The van der Waals surface area contributed by atoms with E-state index in [2.05, 4.69) is 28.3 Å². The van der Waals surface area contributed by atoms with E-state index in [1.54, 1.807) is 18.7 Å². The Labute approximate surface area is 160 Å². The second kappa shape index (κ2) is 6.99. The average molecular weight is 384 g/mol. The van der Waals surface area contributed by atoms with Crippen LogP contribution in [0.5, 0.6) is 11.5 Å². The lowest BCUT2D eigenvalue weighted by Crippen LogP contribution is -2.01. The Morgan fingerprint density at radius 1 is 1.00 bits per heavy atom. The standard InChI is InChI=1S/C18H20N6O2S/c1-5-6-23-15(7-11(2)21-23)17-22-24-16(19-20-18(24)27-17)12-8-13(25-3)10-14(9-12)26-4/h7-10H,5-6H2,1-4H3. The molecule has 0 saturated heterocycles. The van der Waals surface area contributed by atoms with Gasteiger partial charge in [-0.2, -0.15) is 14.7 Å². The average Bonchev–Trinajstić information content (AvgIpc) is 3.35. The number of methoxy groups -OCH3 is 2. The largest absolute Gasteiger partial charge is 0.497 e. The van der Waals surface area contributed by atoms with E-state index in [0.717, 1.165) is 39.9 Å². The summed E-state index contributed by atoms with van der Waals surface area (Å²) < 4.78 is 14.5. The van der Waals surface area contributed by atoms with Gasteiger partial charge in [0.1, 0.15) is 11.5 Å². The molecule has 0 fully saturated rings. The van der Waals surface area contributed by atoms with E-state index >= 15 is 0 Å². The Morgan fingerprint density at radius 2 is 1.74 bits per heavy atom. The quantitative estimate of drug-likeness (QED) is 0.507. The molecular weight excluding hydrogens is 364 g/mol. The number of hydrogen-bond acceptors (Lipinski definition) is 7. The molecule has 3 aromatic heterocycles. The van der Waals surface area contributed by atoms with E-state index in [1.807, 2.05) is 29.8 Å². The highest BCUT2D eigenvalue weighted by molar-refractivity contribution is 7.19. The Balaban J connectivity index is 1.82. The minimum Gasteiger partial charge on any atom is -0.497 e. The SMILES string of the molecule is CCCn1nc(C)cc1-c1nn2c(-c3cc(OC)cc(OC)c3)nnc2s1. The van der Waals surface area contributed by atoms with Gasteiger partial charge in [0.25, 0.3) is 0 Å². The number of nitrogens with zero attached hydrogens (tertiary/aromatic N) is 6. The van der Waals surface area contributed by atoms with Crippen LogP contribution < -0.4 is 9.47 Å². The van der Waals surface area contributed by atoms with Gasteiger partial charge in [-0.15, -0.1) is 10.2 Å². The van der Waals surface area contributed by atoms with Crippen LogP contribution in [0.25, 0.3) is 27.1 Å². The predicted octanol–water partition coefficient (Wildman–Crippen LogP) is 3.45. The molecule has 27 heavy (non-hydrogen) atoms. The summed E-state index contributed by atoms with van der Waals surface area (Å²) in [6.45, 7) is 4.97. The number of rotatable bonds is 6. The first-order chi connectivity index (χ1) is 13.1. The van der Waals surface area contributed by atoms with E-state index in [0.29, 0.717) is 17.3 Å². The summed E-state index contributed by atoms with van der Waals surface area (Å²) in [6, 6.07) is 7.66. The van der Waals surface area contributed by atoms with Crippen LogP contribution >= 0.6 is 11.3 Å². The van der Waals surface area contributed by atoms with Crippen LogP contribution in [0.4, 0.5) is 0 Å². The smallest absolute Gasteiger partial charge is 0.235 e. The van der Waals surface area contributed by atoms with Crippen molar-refractivity contribution in [3.63, 3.8) is 0 Å².